The first-order valence-electron chi connectivity index (χ1n) is 5.54. The molecule has 0 radical (unpaired) electrons. The topological polar surface area (TPSA) is 68.0 Å². The zero-order chi connectivity index (χ0) is 12.0. The molecule has 0 aliphatic heterocycles. The van der Waals surface area contributed by atoms with Crippen LogP contribution >= 0.6 is 11.3 Å². The summed E-state index contributed by atoms with van der Waals surface area (Å²) in [5.41, 5.74) is 6.42. The summed E-state index contributed by atoms with van der Waals surface area (Å²) < 4.78 is 0. The molecule has 5 heteroatoms. The van der Waals surface area contributed by atoms with E-state index in [1.807, 2.05) is 5.38 Å². The summed E-state index contributed by atoms with van der Waals surface area (Å²) in [6.07, 6.45) is 1.24. The Morgan fingerprint density at radius 1 is 1.62 bits per heavy atom. The summed E-state index contributed by atoms with van der Waals surface area (Å²) in [5.74, 6) is 0.490. The molecule has 0 unspecified atom stereocenters. The van der Waals surface area contributed by atoms with Crippen LogP contribution in [-0.2, 0) is 11.3 Å². The van der Waals surface area contributed by atoms with Crippen LogP contribution in [0.3, 0.4) is 0 Å². The fraction of sp³-hybridized carbons (Fsp3) is 0.636. The van der Waals surface area contributed by atoms with Crippen molar-refractivity contribution < 1.29 is 4.79 Å². The molecule has 0 saturated carbocycles. The van der Waals surface area contributed by atoms with Crippen molar-refractivity contribution in [2.24, 2.45) is 5.73 Å². The second-order valence-corrected chi connectivity index (χ2v) is 4.93. The minimum atomic E-state index is 0.0479. The summed E-state index contributed by atoms with van der Waals surface area (Å²) in [5, 5.41) is 5.85. The molecular weight excluding hydrogens is 222 g/mol. The highest BCUT2D eigenvalue weighted by atomic mass is 32.1. The van der Waals surface area contributed by atoms with Crippen molar-refractivity contribution in [3.05, 3.63) is 16.1 Å². The maximum atomic E-state index is 11.3. The van der Waals surface area contributed by atoms with Gasteiger partial charge in [-0.3, -0.25) is 4.79 Å². The van der Waals surface area contributed by atoms with E-state index < -0.39 is 0 Å². The van der Waals surface area contributed by atoms with Gasteiger partial charge in [-0.1, -0.05) is 13.8 Å². The molecule has 3 N–H and O–H groups in total. The molecule has 0 bridgehead atoms. The molecule has 0 aliphatic rings. The number of hydrogen-bond donors (Lipinski definition) is 2. The van der Waals surface area contributed by atoms with Crippen molar-refractivity contribution in [3.8, 4) is 0 Å². The van der Waals surface area contributed by atoms with E-state index in [2.05, 4.69) is 24.1 Å². The molecule has 0 saturated heterocycles. The standard InChI is InChI=1S/C11H19N3OS/c1-8(2)9-7-16-11(14-9)6-13-10(15)4-3-5-12/h7-8H,3-6,12H2,1-2H3,(H,13,15). The van der Waals surface area contributed by atoms with Gasteiger partial charge in [0.25, 0.3) is 0 Å². The monoisotopic (exact) mass is 241 g/mol. The number of carbonyl (C=O) groups excluding carboxylic acids is 1. The van der Waals surface area contributed by atoms with Crippen molar-refractivity contribution in [2.45, 2.75) is 39.2 Å². The van der Waals surface area contributed by atoms with E-state index in [9.17, 15) is 4.79 Å². The third-order valence-corrected chi connectivity index (χ3v) is 3.07. The van der Waals surface area contributed by atoms with Crippen LogP contribution in [0.1, 0.15) is 43.3 Å². The van der Waals surface area contributed by atoms with Crippen molar-refractivity contribution in [1.82, 2.24) is 10.3 Å². The minimum Gasteiger partial charge on any atom is -0.350 e. The fourth-order valence-electron chi connectivity index (χ4n) is 1.20. The predicted molar refractivity (Wildman–Crippen MR) is 66.3 cm³/mol. The van der Waals surface area contributed by atoms with Crippen LogP contribution in [0.2, 0.25) is 0 Å². The van der Waals surface area contributed by atoms with Gasteiger partial charge in [-0.05, 0) is 18.9 Å². The summed E-state index contributed by atoms with van der Waals surface area (Å²) >= 11 is 1.59. The van der Waals surface area contributed by atoms with Gasteiger partial charge in [-0.25, -0.2) is 4.98 Å². The van der Waals surface area contributed by atoms with Crippen LogP contribution in [0.15, 0.2) is 5.38 Å². The van der Waals surface area contributed by atoms with Crippen LogP contribution in [0.5, 0.6) is 0 Å². The van der Waals surface area contributed by atoms with Gasteiger partial charge in [-0.15, -0.1) is 11.3 Å². The lowest BCUT2D eigenvalue weighted by atomic mass is 10.2. The molecule has 0 atom stereocenters. The van der Waals surface area contributed by atoms with E-state index >= 15 is 0 Å². The molecule has 0 aromatic carbocycles. The zero-order valence-electron chi connectivity index (χ0n) is 9.82. The average Bonchev–Trinajstić information content (AvgIpc) is 2.72. The third-order valence-electron chi connectivity index (χ3n) is 2.21. The lowest BCUT2D eigenvalue weighted by Crippen LogP contribution is -2.23. The van der Waals surface area contributed by atoms with Crippen LogP contribution in [0.25, 0.3) is 0 Å². The second kappa shape index (κ2) is 6.60. The van der Waals surface area contributed by atoms with E-state index in [0.29, 0.717) is 25.4 Å². The fourth-order valence-corrected chi connectivity index (χ4v) is 2.09. The van der Waals surface area contributed by atoms with E-state index in [0.717, 1.165) is 17.1 Å². The van der Waals surface area contributed by atoms with E-state index in [4.69, 9.17) is 5.73 Å². The first-order chi connectivity index (χ1) is 7.63. The van der Waals surface area contributed by atoms with Crippen LogP contribution in [0, 0.1) is 0 Å². The number of nitrogens with zero attached hydrogens (tertiary/aromatic N) is 1. The Hall–Kier alpha value is -0.940. The van der Waals surface area contributed by atoms with E-state index in [-0.39, 0.29) is 5.91 Å². The molecule has 1 aromatic rings. The van der Waals surface area contributed by atoms with Gasteiger partial charge >= 0.3 is 0 Å². The summed E-state index contributed by atoms with van der Waals surface area (Å²) in [6, 6.07) is 0. The third kappa shape index (κ3) is 4.28. The first kappa shape index (κ1) is 13.1. The molecule has 1 amide bonds. The summed E-state index contributed by atoms with van der Waals surface area (Å²) in [6.45, 7) is 5.31. The average molecular weight is 241 g/mol. The van der Waals surface area contributed by atoms with Gasteiger partial charge in [0.05, 0.1) is 12.2 Å². The number of hydrogen-bond acceptors (Lipinski definition) is 4. The molecule has 90 valence electrons. The molecule has 1 heterocycles. The van der Waals surface area contributed by atoms with Crippen molar-refractivity contribution in [2.75, 3.05) is 6.54 Å². The molecule has 16 heavy (non-hydrogen) atoms. The maximum absolute atomic E-state index is 11.3. The highest BCUT2D eigenvalue weighted by molar-refractivity contribution is 7.09. The quantitative estimate of drug-likeness (QED) is 0.795. The van der Waals surface area contributed by atoms with Crippen molar-refractivity contribution in [1.29, 1.82) is 0 Å². The van der Waals surface area contributed by atoms with Crippen molar-refractivity contribution >= 4 is 17.2 Å². The molecule has 1 rings (SSSR count). The van der Waals surface area contributed by atoms with E-state index in [1.54, 1.807) is 11.3 Å². The first-order valence-corrected chi connectivity index (χ1v) is 6.42. The second-order valence-electron chi connectivity index (χ2n) is 3.99. The Morgan fingerprint density at radius 2 is 2.38 bits per heavy atom. The maximum Gasteiger partial charge on any atom is 0.220 e. The molecule has 0 aliphatic carbocycles. The largest absolute Gasteiger partial charge is 0.350 e. The molecule has 1 aromatic heterocycles. The Balaban J connectivity index is 2.33. The van der Waals surface area contributed by atoms with Crippen molar-refractivity contribution in [3.63, 3.8) is 0 Å². The van der Waals surface area contributed by atoms with Gasteiger partial charge in [-0.2, -0.15) is 0 Å². The molecular formula is C11H19N3OS. The van der Waals surface area contributed by atoms with Gasteiger partial charge in [0.15, 0.2) is 0 Å². The zero-order valence-corrected chi connectivity index (χ0v) is 10.6. The van der Waals surface area contributed by atoms with Gasteiger partial charge < -0.3 is 11.1 Å². The Kier molecular flexibility index (Phi) is 5.42. The lowest BCUT2D eigenvalue weighted by molar-refractivity contribution is -0.121. The molecule has 0 fully saturated rings. The molecule has 4 nitrogen and oxygen atoms in total. The number of nitrogens with one attached hydrogen (secondary N) is 1. The van der Waals surface area contributed by atoms with Crippen LogP contribution in [0.4, 0.5) is 0 Å². The number of nitrogens with two attached hydrogens (primary N) is 1. The Labute approximate surface area is 100 Å². The Morgan fingerprint density at radius 3 is 2.94 bits per heavy atom. The Bertz CT molecular complexity index is 336. The number of amides is 1. The number of carbonyl (C=O) groups is 1. The minimum absolute atomic E-state index is 0.0479. The summed E-state index contributed by atoms with van der Waals surface area (Å²) in [4.78, 5) is 15.8. The van der Waals surface area contributed by atoms with Crippen LogP contribution in [-0.4, -0.2) is 17.4 Å². The highest BCUT2D eigenvalue weighted by Crippen LogP contribution is 2.17. The SMILES string of the molecule is CC(C)c1csc(CNC(=O)CCCN)n1. The smallest absolute Gasteiger partial charge is 0.220 e. The van der Waals surface area contributed by atoms with Gasteiger partial charge in [0.1, 0.15) is 5.01 Å². The lowest BCUT2D eigenvalue weighted by Gasteiger charge is -2.02. The van der Waals surface area contributed by atoms with Crippen LogP contribution < -0.4 is 11.1 Å². The molecule has 0 spiro atoms. The van der Waals surface area contributed by atoms with Gasteiger partial charge in [0.2, 0.25) is 5.91 Å². The van der Waals surface area contributed by atoms with Gasteiger partial charge in [0, 0.05) is 11.8 Å². The summed E-state index contributed by atoms with van der Waals surface area (Å²) in [7, 11) is 0. The number of rotatable bonds is 6. The highest BCUT2D eigenvalue weighted by Gasteiger charge is 2.06. The number of aromatic nitrogens is 1. The number of thiazole rings is 1. The van der Waals surface area contributed by atoms with E-state index in [1.165, 1.54) is 0 Å². The predicted octanol–water partition coefficient (Wildman–Crippen LogP) is 1.62. The normalized spacial score (nSPS) is 10.8.